The van der Waals surface area contributed by atoms with E-state index in [4.69, 9.17) is 23.2 Å². The molecule has 1 aromatic rings. The highest BCUT2D eigenvalue weighted by Crippen LogP contribution is 2.29. The quantitative estimate of drug-likeness (QED) is 0.796. The molecule has 18 heavy (non-hydrogen) atoms. The molecule has 0 radical (unpaired) electrons. The molecular weight excluding hydrogens is 277 g/mol. The third-order valence-electron chi connectivity index (χ3n) is 1.98. The highest BCUT2D eigenvalue weighted by atomic mass is 35.5. The molecule has 7 heteroatoms. The van der Waals surface area contributed by atoms with E-state index in [-0.39, 0.29) is 6.54 Å². The van der Waals surface area contributed by atoms with Crippen LogP contribution in [0.25, 0.3) is 0 Å². The van der Waals surface area contributed by atoms with Crippen molar-refractivity contribution in [3.8, 4) is 0 Å². The zero-order chi connectivity index (χ0) is 13.5. The lowest BCUT2D eigenvalue weighted by molar-refractivity contribution is -0.118. The van der Waals surface area contributed by atoms with E-state index in [2.05, 4.69) is 16.0 Å². The Kier molecular flexibility index (Phi) is 5.74. The molecule has 1 aromatic carbocycles. The van der Waals surface area contributed by atoms with Gasteiger partial charge in [0.1, 0.15) is 0 Å². The van der Waals surface area contributed by atoms with Crippen LogP contribution < -0.4 is 16.0 Å². The Balaban J connectivity index is 2.48. The number of benzene rings is 1. The van der Waals surface area contributed by atoms with Crippen molar-refractivity contribution in [1.29, 1.82) is 0 Å². The third kappa shape index (κ3) is 4.43. The van der Waals surface area contributed by atoms with Gasteiger partial charge in [-0.05, 0) is 19.1 Å². The molecule has 0 aliphatic rings. The number of nitrogens with one attached hydrogen (secondary N) is 3. The molecule has 3 N–H and O–H groups in total. The fourth-order valence-electron chi connectivity index (χ4n) is 1.19. The fraction of sp³-hybridized carbons (Fsp3) is 0.273. The van der Waals surface area contributed by atoms with Gasteiger partial charge in [-0.3, -0.25) is 10.1 Å². The van der Waals surface area contributed by atoms with Crippen LogP contribution in [0.5, 0.6) is 0 Å². The summed E-state index contributed by atoms with van der Waals surface area (Å²) in [5.74, 6) is -0.461. The first-order valence-electron chi connectivity index (χ1n) is 5.30. The van der Waals surface area contributed by atoms with Crippen molar-refractivity contribution in [2.24, 2.45) is 0 Å². The number of amides is 3. The van der Waals surface area contributed by atoms with E-state index < -0.39 is 11.9 Å². The summed E-state index contributed by atoms with van der Waals surface area (Å²) in [5.41, 5.74) is 0.537. The second-order valence-electron chi connectivity index (χ2n) is 3.36. The number of halogens is 2. The smallest absolute Gasteiger partial charge is 0.321 e. The molecule has 0 saturated heterocycles. The van der Waals surface area contributed by atoms with Crippen molar-refractivity contribution in [1.82, 2.24) is 10.6 Å². The van der Waals surface area contributed by atoms with Crippen molar-refractivity contribution in [2.75, 3.05) is 18.4 Å². The van der Waals surface area contributed by atoms with Gasteiger partial charge in [-0.15, -0.1) is 0 Å². The maximum atomic E-state index is 11.4. The molecule has 0 bridgehead atoms. The van der Waals surface area contributed by atoms with Gasteiger partial charge in [0.15, 0.2) is 0 Å². The summed E-state index contributed by atoms with van der Waals surface area (Å²) >= 11 is 11.7. The lowest BCUT2D eigenvalue weighted by Crippen LogP contribution is -2.41. The predicted molar refractivity (Wildman–Crippen MR) is 72.2 cm³/mol. The summed E-state index contributed by atoms with van der Waals surface area (Å²) in [7, 11) is 0. The molecule has 0 fully saturated rings. The minimum atomic E-state index is -0.526. The molecule has 0 saturated carbocycles. The minimum absolute atomic E-state index is 0.0722. The van der Waals surface area contributed by atoms with Gasteiger partial charge in [0.2, 0.25) is 5.91 Å². The van der Waals surface area contributed by atoms with Crippen LogP contribution in [-0.2, 0) is 4.79 Å². The van der Waals surface area contributed by atoms with E-state index >= 15 is 0 Å². The Morgan fingerprint density at radius 1 is 1.28 bits per heavy atom. The number of urea groups is 1. The highest BCUT2D eigenvalue weighted by Gasteiger charge is 2.08. The molecule has 98 valence electrons. The number of hydrogen-bond donors (Lipinski definition) is 3. The Hall–Kier alpha value is -1.46. The molecule has 3 amide bonds. The lowest BCUT2D eigenvalue weighted by atomic mass is 10.3. The number of hydrogen-bond acceptors (Lipinski definition) is 3. The molecule has 0 aromatic heterocycles. The largest absolute Gasteiger partial charge is 0.375 e. The van der Waals surface area contributed by atoms with Crippen LogP contribution in [0.1, 0.15) is 6.92 Å². The van der Waals surface area contributed by atoms with Crippen LogP contribution in [0.3, 0.4) is 0 Å². The van der Waals surface area contributed by atoms with Crippen molar-refractivity contribution < 1.29 is 9.59 Å². The van der Waals surface area contributed by atoms with Crippen molar-refractivity contribution in [2.45, 2.75) is 6.92 Å². The first-order valence-corrected chi connectivity index (χ1v) is 6.05. The first kappa shape index (κ1) is 14.6. The molecule has 0 heterocycles. The standard InChI is InChI=1S/C11H13Cl2N3O2/c1-2-14-11(18)16-9(17)6-15-8-5-3-4-7(12)10(8)13/h3-5,15H,2,6H2,1H3,(H2,14,16,17,18). The van der Waals surface area contributed by atoms with Crippen molar-refractivity contribution in [3.63, 3.8) is 0 Å². The van der Waals surface area contributed by atoms with Gasteiger partial charge in [0.25, 0.3) is 0 Å². The predicted octanol–water partition coefficient (Wildman–Crippen LogP) is 2.25. The van der Waals surface area contributed by atoms with Crippen LogP contribution in [0.2, 0.25) is 10.0 Å². The summed E-state index contributed by atoms with van der Waals surface area (Å²) in [4.78, 5) is 22.5. The summed E-state index contributed by atoms with van der Waals surface area (Å²) in [6.07, 6.45) is 0. The number of rotatable bonds is 4. The number of carbonyl (C=O) groups excluding carboxylic acids is 2. The van der Waals surface area contributed by atoms with E-state index in [0.29, 0.717) is 22.3 Å². The molecule has 0 aliphatic heterocycles. The molecular formula is C11H13Cl2N3O2. The maximum absolute atomic E-state index is 11.4. The summed E-state index contributed by atoms with van der Waals surface area (Å²) < 4.78 is 0. The maximum Gasteiger partial charge on any atom is 0.321 e. The zero-order valence-electron chi connectivity index (χ0n) is 9.72. The van der Waals surface area contributed by atoms with E-state index in [0.717, 1.165) is 0 Å². The number of carbonyl (C=O) groups is 2. The Labute approximate surface area is 115 Å². The SMILES string of the molecule is CCNC(=O)NC(=O)CNc1cccc(Cl)c1Cl. The van der Waals surface area contributed by atoms with Crippen LogP contribution in [0.15, 0.2) is 18.2 Å². The first-order chi connectivity index (χ1) is 8.54. The van der Waals surface area contributed by atoms with Gasteiger partial charge < -0.3 is 10.6 Å². The second kappa shape index (κ2) is 7.08. The average Bonchev–Trinajstić information content (AvgIpc) is 2.31. The van der Waals surface area contributed by atoms with Gasteiger partial charge in [-0.2, -0.15) is 0 Å². The Bertz CT molecular complexity index is 452. The number of anilines is 1. The molecule has 0 atom stereocenters. The minimum Gasteiger partial charge on any atom is -0.375 e. The molecule has 0 spiro atoms. The third-order valence-corrected chi connectivity index (χ3v) is 2.80. The van der Waals surface area contributed by atoms with E-state index in [1.54, 1.807) is 25.1 Å². The van der Waals surface area contributed by atoms with Gasteiger partial charge in [-0.1, -0.05) is 29.3 Å². The fourth-order valence-corrected chi connectivity index (χ4v) is 1.56. The normalized spacial score (nSPS) is 9.72. The van der Waals surface area contributed by atoms with Crippen molar-refractivity contribution in [3.05, 3.63) is 28.2 Å². The summed E-state index contributed by atoms with van der Waals surface area (Å²) in [6.45, 7) is 2.14. The number of imide groups is 1. The van der Waals surface area contributed by atoms with Crippen LogP contribution in [0, 0.1) is 0 Å². The average molecular weight is 290 g/mol. The van der Waals surface area contributed by atoms with Gasteiger partial charge >= 0.3 is 6.03 Å². The van der Waals surface area contributed by atoms with Gasteiger partial charge in [0, 0.05) is 6.54 Å². The molecule has 1 rings (SSSR count). The monoisotopic (exact) mass is 289 g/mol. The van der Waals surface area contributed by atoms with E-state index in [9.17, 15) is 9.59 Å². The van der Waals surface area contributed by atoms with Crippen LogP contribution in [0.4, 0.5) is 10.5 Å². The second-order valence-corrected chi connectivity index (χ2v) is 4.15. The Morgan fingerprint density at radius 2 is 2.00 bits per heavy atom. The Morgan fingerprint density at radius 3 is 2.67 bits per heavy atom. The van der Waals surface area contributed by atoms with Gasteiger partial charge in [0.05, 0.1) is 22.3 Å². The van der Waals surface area contributed by atoms with Crippen LogP contribution in [-0.4, -0.2) is 25.0 Å². The van der Waals surface area contributed by atoms with E-state index in [1.165, 1.54) is 0 Å². The van der Waals surface area contributed by atoms with E-state index in [1.807, 2.05) is 0 Å². The molecule has 0 unspecified atom stereocenters. The van der Waals surface area contributed by atoms with Gasteiger partial charge in [-0.25, -0.2) is 4.79 Å². The zero-order valence-corrected chi connectivity index (χ0v) is 11.2. The van der Waals surface area contributed by atoms with Crippen molar-refractivity contribution >= 4 is 40.8 Å². The summed E-state index contributed by atoms with van der Waals surface area (Å²) in [5, 5.41) is 8.13. The lowest BCUT2D eigenvalue weighted by Gasteiger charge is -2.09. The molecule has 5 nitrogen and oxygen atoms in total. The van der Waals surface area contributed by atoms with Crippen LogP contribution >= 0.6 is 23.2 Å². The topological polar surface area (TPSA) is 70.2 Å². The molecule has 0 aliphatic carbocycles. The summed E-state index contributed by atoms with van der Waals surface area (Å²) in [6, 6.07) is 4.51. The highest BCUT2D eigenvalue weighted by molar-refractivity contribution is 6.43.